The predicted octanol–water partition coefficient (Wildman–Crippen LogP) is 8.49. The second-order valence-corrected chi connectivity index (χ2v) is 12.0. The zero-order valence-corrected chi connectivity index (χ0v) is 25.6. The van der Waals surface area contributed by atoms with Crippen LogP contribution in [0.25, 0.3) is 10.9 Å². The number of hydrogen-bond donors (Lipinski definition) is 1. The van der Waals surface area contributed by atoms with Crippen LogP contribution in [-0.4, -0.2) is 45.4 Å². The van der Waals surface area contributed by atoms with Gasteiger partial charge in [-0.1, -0.05) is 89.9 Å². The van der Waals surface area contributed by atoms with Gasteiger partial charge < -0.3 is 15.1 Å². The molecule has 4 aromatic carbocycles. The quantitative estimate of drug-likeness (QED) is 0.198. The van der Waals surface area contributed by atoms with E-state index in [0.29, 0.717) is 48.0 Å². The summed E-state index contributed by atoms with van der Waals surface area (Å²) in [5, 5.41) is 4.96. The number of hydrogen-bond acceptors (Lipinski definition) is 3. The average Bonchev–Trinajstić information content (AvgIpc) is 3.04. The molecule has 5 aromatic rings. The van der Waals surface area contributed by atoms with Crippen molar-refractivity contribution in [3.63, 3.8) is 0 Å². The Bertz CT molecular complexity index is 1740. The summed E-state index contributed by atoms with van der Waals surface area (Å²) in [5.41, 5.74) is 4.22. The van der Waals surface area contributed by atoms with E-state index in [2.05, 4.69) is 22.4 Å². The molecule has 0 aliphatic carbocycles. The van der Waals surface area contributed by atoms with Gasteiger partial charge >= 0.3 is 6.03 Å². The molecule has 222 valence electrons. The molecule has 0 radical (unpaired) electrons. The molecule has 6 rings (SSSR count). The third kappa shape index (κ3) is 6.88. The Morgan fingerprint density at radius 1 is 0.864 bits per heavy atom. The standard InChI is InChI=1S/C36H32Cl2N4O2/c37-28-20-27(21-29(38)22-28)35(43)41-18-16-31(23-32(41)19-25-9-3-1-4-10-25)42(36(44)40-30-11-5-2-6-12-30)24-26-15-17-39-34-14-8-7-13-33(26)34/h1-15,17,20-22,31-32H,16,18-19,23-24H2,(H,40,44)/t31-,32+/m1/s1. The van der Waals surface area contributed by atoms with E-state index in [9.17, 15) is 9.59 Å². The molecule has 2 heterocycles. The van der Waals surface area contributed by atoms with Gasteiger partial charge in [0.25, 0.3) is 5.91 Å². The molecule has 0 saturated carbocycles. The Morgan fingerprint density at radius 2 is 1.55 bits per heavy atom. The predicted molar refractivity (Wildman–Crippen MR) is 177 cm³/mol. The molecule has 1 saturated heterocycles. The van der Waals surface area contributed by atoms with Crippen LogP contribution in [0.3, 0.4) is 0 Å². The maximum absolute atomic E-state index is 14.0. The lowest BCUT2D eigenvalue weighted by Gasteiger charge is -2.44. The number of rotatable bonds is 7. The minimum absolute atomic E-state index is 0.116. The number of piperidine rings is 1. The fourth-order valence-electron chi connectivity index (χ4n) is 6.06. The highest BCUT2D eigenvalue weighted by molar-refractivity contribution is 6.35. The molecule has 0 bridgehead atoms. The van der Waals surface area contributed by atoms with Crippen molar-refractivity contribution >= 4 is 51.7 Å². The first kappa shape index (κ1) is 29.7. The van der Waals surface area contributed by atoms with Crippen LogP contribution in [0.5, 0.6) is 0 Å². The number of benzene rings is 4. The lowest BCUT2D eigenvalue weighted by atomic mass is 9.90. The largest absolute Gasteiger partial charge is 0.335 e. The van der Waals surface area contributed by atoms with Crippen molar-refractivity contribution in [2.24, 2.45) is 0 Å². The molecule has 2 atom stereocenters. The van der Waals surface area contributed by atoms with Crippen molar-refractivity contribution in [2.45, 2.75) is 37.9 Å². The highest BCUT2D eigenvalue weighted by Crippen LogP contribution is 2.30. The van der Waals surface area contributed by atoms with Crippen LogP contribution in [0, 0.1) is 0 Å². The van der Waals surface area contributed by atoms with Gasteiger partial charge in [0.2, 0.25) is 0 Å². The van der Waals surface area contributed by atoms with Crippen LogP contribution >= 0.6 is 23.2 Å². The topological polar surface area (TPSA) is 65.5 Å². The summed E-state index contributed by atoms with van der Waals surface area (Å²) in [5.74, 6) is -0.116. The monoisotopic (exact) mass is 622 g/mol. The summed E-state index contributed by atoms with van der Waals surface area (Å²) in [4.78, 5) is 36.3. The minimum Gasteiger partial charge on any atom is -0.335 e. The molecule has 44 heavy (non-hydrogen) atoms. The molecule has 1 aliphatic heterocycles. The number of para-hydroxylation sites is 2. The molecule has 1 aliphatic rings. The van der Waals surface area contributed by atoms with E-state index in [-0.39, 0.29) is 24.0 Å². The summed E-state index contributed by atoms with van der Waals surface area (Å²) < 4.78 is 0. The number of carbonyl (C=O) groups excluding carboxylic acids is 2. The molecule has 8 heteroatoms. The zero-order chi connectivity index (χ0) is 30.5. The van der Waals surface area contributed by atoms with Gasteiger partial charge in [-0.2, -0.15) is 0 Å². The number of halogens is 2. The highest BCUT2D eigenvalue weighted by atomic mass is 35.5. The molecule has 0 spiro atoms. The van der Waals surface area contributed by atoms with Crippen LogP contribution in [0.4, 0.5) is 10.5 Å². The van der Waals surface area contributed by atoms with E-state index in [1.54, 1.807) is 24.4 Å². The molecular formula is C36H32Cl2N4O2. The Morgan fingerprint density at radius 3 is 2.30 bits per heavy atom. The Kier molecular flexibility index (Phi) is 9.10. The smallest absolute Gasteiger partial charge is 0.322 e. The number of urea groups is 1. The first-order chi connectivity index (χ1) is 21.4. The Balaban J connectivity index is 1.33. The SMILES string of the molecule is O=C(Nc1ccccc1)N(Cc1ccnc2ccccc12)[C@@H]1CCN(C(=O)c2cc(Cl)cc(Cl)c2)[C@@H](Cc2ccccc2)C1. The van der Waals surface area contributed by atoms with Crippen molar-refractivity contribution in [1.29, 1.82) is 0 Å². The number of likely N-dealkylation sites (tertiary alicyclic amines) is 1. The van der Waals surface area contributed by atoms with Crippen molar-refractivity contribution in [3.8, 4) is 0 Å². The van der Waals surface area contributed by atoms with E-state index >= 15 is 0 Å². The Hall–Kier alpha value is -4.39. The maximum atomic E-state index is 14.0. The van der Waals surface area contributed by atoms with E-state index in [1.165, 1.54) is 0 Å². The van der Waals surface area contributed by atoms with Gasteiger partial charge in [-0.15, -0.1) is 0 Å². The lowest BCUT2D eigenvalue weighted by molar-refractivity contribution is 0.0487. The summed E-state index contributed by atoms with van der Waals surface area (Å²) in [7, 11) is 0. The van der Waals surface area contributed by atoms with Gasteiger partial charge in [0.05, 0.1) is 5.52 Å². The molecule has 1 fully saturated rings. The normalized spacial score (nSPS) is 16.5. The van der Waals surface area contributed by atoms with Crippen molar-refractivity contribution in [2.75, 3.05) is 11.9 Å². The highest BCUT2D eigenvalue weighted by Gasteiger charge is 2.37. The molecular weight excluding hydrogens is 591 g/mol. The first-order valence-corrected chi connectivity index (χ1v) is 15.5. The molecule has 0 unspecified atom stereocenters. The van der Waals surface area contributed by atoms with Gasteiger partial charge in [-0.25, -0.2) is 4.79 Å². The molecule has 6 nitrogen and oxygen atoms in total. The lowest BCUT2D eigenvalue weighted by Crippen LogP contribution is -2.54. The molecule has 1 N–H and O–H groups in total. The number of nitrogens with zero attached hydrogens (tertiary/aromatic N) is 3. The minimum atomic E-state index is -0.179. The summed E-state index contributed by atoms with van der Waals surface area (Å²) >= 11 is 12.5. The number of amides is 3. The second-order valence-electron chi connectivity index (χ2n) is 11.1. The van der Waals surface area contributed by atoms with Gasteiger partial charge in [-0.3, -0.25) is 9.78 Å². The molecule has 1 aromatic heterocycles. The van der Waals surface area contributed by atoms with Crippen LogP contribution in [0.1, 0.15) is 34.3 Å². The number of carbonyl (C=O) groups is 2. The van der Waals surface area contributed by atoms with E-state index < -0.39 is 0 Å². The number of anilines is 1. The van der Waals surface area contributed by atoms with Crippen molar-refractivity contribution in [3.05, 3.63) is 142 Å². The first-order valence-electron chi connectivity index (χ1n) is 14.7. The zero-order valence-electron chi connectivity index (χ0n) is 24.1. The van der Waals surface area contributed by atoms with Crippen molar-refractivity contribution < 1.29 is 9.59 Å². The van der Waals surface area contributed by atoms with Crippen molar-refractivity contribution in [1.82, 2.24) is 14.8 Å². The average molecular weight is 624 g/mol. The van der Waals surface area contributed by atoms with Crippen LogP contribution in [0.15, 0.2) is 115 Å². The maximum Gasteiger partial charge on any atom is 0.322 e. The van der Waals surface area contributed by atoms with Crippen LogP contribution < -0.4 is 5.32 Å². The van der Waals surface area contributed by atoms with E-state index in [0.717, 1.165) is 27.7 Å². The summed E-state index contributed by atoms with van der Waals surface area (Å²) in [6.07, 6.45) is 3.68. The van der Waals surface area contributed by atoms with E-state index in [1.807, 2.05) is 88.7 Å². The van der Waals surface area contributed by atoms with Gasteiger partial charge in [0, 0.05) is 58.1 Å². The van der Waals surface area contributed by atoms with E-state index in [4.69, 9.17) is 23.2 Å². The third-order valence-electron chi connectivity index (χ3n) is 8.18. The fraction of sp³-hybridized carbons (Fsp3) is 0.194. The fourth-order valence-corrected chi connectivity index (χ4v) is 6.59. The van der Waals surface area contributed by atoms with Gasteiger partial charge in [0.1, 0.15) is 0 Å². The number of nitrogens with one attached hydrogen (secondary N) is 1. The van der Waals surface area contributed by atoms with Gasteiger partial charge in [0.15, 0.2) is 0 Å². The number of pyridine rings is 1. The third-order valence-corrected chi connectivity index (χ3v) is 8.62. The van der Waals surface area contributed by atoms with Crippen LogP contribution in [0.2, 0.25) is 10.0 Å². The van der Waals surface area contributed by atoms with Gasteiger partial charge in [-0.05, 0) is 72.9 Å². The number of fused-ring (bicyclic) bond motifs is 1. The Labute approximate surface area is 267 Å². The summed E-state index contributed by atoms with van der Waals surface area (Å²) in [6.45, 7) is 0.889. The second kappa shape index (κ2) is 13.5. The summed E-state index contributed by atoms with van der Waals surface area (Å²) in [6, 6.07) is 34.1. The molecule has 3 amide bonds. The van der Waals surface area contributed by atoms with Crippen LogP contribution in [-0.2, 0) is 13.0 Å². The number of aromatic nitrogens is 1.